The van der Waals surface area contributed by atoms with Crippen LogP contribution in [-0.2, 0) is 4.79 Å². The van der Waals surface area contributed by atoms with E-state index in [1.54, 1.807) is 31.2 Å². The highest BCUT2D eigenvalue weighted by molar-refractivity contribution is 9.10. The Balaban J connectivity index is 1.62. The monoisotopic (exact) mass is 427 g/mol. The fourth-order valence-electron chi connectivity index (χ4n) is 2.16. The smallest absolute Gasteiger partial charge is 0.266 e. The third kappa shape index (κ3) is 4.48. The van der Waals surface area contributed by atoms with Gasteiger partial charge in [-0.15, -0.1) is 11.3 Å². The van der Waals surface area contributed by atoms with Crippen molar-refractivity contribution in [3.63, 3.8) is 0 Å². The van der Waals surface area contributed by atoms with E-state index in [0.717, 1.165) is 15.7 Å². The molecule has 0 saturated heterocycles. The molecule has 1 atom stereocenters. The van der Waals surface area contributed by atoms with Crippen molar-refractivity contribution in [3.05, 3.63) is 63.9 Å². The zero-order valence-corrected chi connectivity index (χ0v) is 16.2. The number of hydrogen-bond donors (Lipinski definition) is 1. The van der Waals surface area contributed by atoms with Gasteiger partial charge in [-0.2, -0.15) is 5.26 Å². The number of aromatic nitrogens is 1. The number of ether oxygens (including phenoxy) is 1. The number of hydrogen-bond acceptors (Lipinski definition) is 5. The maximum atomic E-state index is 12.3. The number of benzene rings is 2. The van der Waals surface area contributed by atoms with E-state index in [2.05, 4.69) is 26.2 Å². The van der Waals surface area contributed by atoms with E-state index in [-0.39, 0.29) is 5.91 Å². The molecule has 130 valence electrons. The highest BCUT2D eigenvalue weighted by Gasteiger charge is 2.16. The molecule has 26 heavy (non-hydrogen) atoms. The summed E-state index contributed by atoms with van der Waals surface area (Å²) < 4.78 is 6.60. The molecule has 0 saturated carbocycles. The first-order valence-electron chi connectivity index (χ1n) is 7.74. The Bertz CT molecular complexity index is 946. The van der Waals surface area contributed by atoms with Crippen LogP contribution in [0.15, 0.2) is 58.4 Å². The molecule has 0 aliphatic rings. The van der Waals surface area contributed by atoms with Crippen molar-refractivity contribution in [2.24, 2.45) is 0 Å². The molecule has 0 aliphatic carbocycles. The van der Waals surface area contributed by atoms with Gasteiger partial charge in [-0.25, -0.2) is 4.98 Å². The van der Waals surface area contributed by atoms with E-state index in [9.17, 15) is 4.79 Å². The summed E-state index contributed by atoms with van der Waals surface area (Å²) in [6.45, 7) is 1.66. The average molecular weight is 428 g/mol. The van der Waals surface area contributed by atoms with E-state index >= 15 is 0 Å². The number of carbonyl (C=O) groups is 1. The molecular weight excluding hydrogens is 414 g/mol. The van der Waals surface area contributed by atoms with Crippen LogP contribution in [0.3, 0.4) is 0 Å². The Hall–Kier alpha value is -2.69. The maximum absolute atomic E-state index is 12.3. The Morgan fingerprint density at radius 2 is 1.92 bits per heavy atom. The highest BCUT2D eigenvalue weighted by atomic mass is 79.9. The van der Waals surface area contributed by atoms with Crippen LogP contribution in [0.1, 0.15) is 12.5 Å². The van der Waals surface area contributed by atoms with Crippen LogP contribution in [0.4, 0.5) is 5.13 Å². The molecule has 0 fully saturated rings. The zero-order chi connectivity index (χ0) is 18.5. The molecule has 2 aromatic carbocycles. The zero-order valence-electron chi connectivity index (χ0n) is 13.8. The second-order valence-corrected chi connectivity index (χ2v) is 7.20. The number of nitrogens with zero attached hydrogens (tertiary/aromatic N) is 2. The normalized spacial score (nSPS) is 11.4. The Labute approximate surface area is 163 Å². The minimum absolute atomic E-state index is 0.286. The standard InChI is InChI=1S/C19H14BrN3O2S/c1-12(25-16-8-2-13(10-21)3-9-16)18(24)23-19-22-17(11-26-19)14-4-6-15(20)7-5-14/h2-9,11-12H,1H3,(H,22,23,24). The number of carbonyl (C=O) groups excluding carboxylic acids is 1. The third-order valence-electron chi connectivity index (χ3n) is 3.54. The number of anilines is 1. The summed E-state index contributed by atoms with van der Waals surface area (Å²) in [7, 11) is 0. The van der Waals surface area contributed by atoms with Crippen molar-refractivity contribution in [1.29, 1.82) is 5.26 Å². The number of nitrogens with one attached hydrogen (secondary N) is 1. The maximum Gasteiger partial charge on any atom is 0.266 e. The van der Waals surface area contributed by atoms with E-state index < -0.39 is 6.10 Å². The lowest BCUT2D eigenvalue weighted by Crippen LogP contribution is -2.30. The van der Waals surface area contributed by atoms with Gasteiger partial charge in [0, 0.05) is 15.4 Å². The van der Waals surface area contributed by atoms with Crippen LogP contribution < -0.4 is 10.1 Å². The van der Waals surface area contributed by atoms with Crippen LogP contribution in [0.5, 0.6) is 5.75 Å². The molecule has 3 rings (SSSR count). The van der Waals surface area contributed by atoms with Crippen LogP contribution >= 0.6 is 27.3 Å². The first-order valence-corrected chi connectivity index (χ1v) is 9.41. The van der Waals surface area contributed by atoms with Gasteiger partial charge in [-0.05, 0) is 43.3 Å². The lowest BCUT2D eigenvalue weighted by molar-refractivity contribution is -0.122. The van der Waals surface area contributed by atoms with Gasteiger partial charge in [0.2, 0.25) is 0 Å². The second kappa shape index (κ2) is 8.13. The fraction of sp³-hybridized carbons (Fsp3) is 0.105. The van der Waals surface area contributed by atoms with Crippen LogP contribution in [0.2, 0.25) is 0 Å². The Morgan fingerprint density at radius 3 is 2.58 bits per heavy atom. The summed E-state index contributed by atoms with van der Waals surface area (Å²) in [5.74, 6) is 0.243. The average Bonchev–Trinajstić information content (AvgIpc) is 3.11. The summed E-state index contributed by atoms with van der Waals surface area (Å²) in [5.41, 5.74) is 2.32. The highest BCUT2D eigenvalue weighted by Crippen LogP contribution is 2.26. The third-order valence-corrected chi connectivity index (χ3v) is 4.83. The van der Waals surface area contributed by atoms with Crippen molar-refractivity contribution in [2.45, 2.75) is 13.0 Å². The first-order chi connectivity index (χ1) is 12.5. The van der Waals surface area contributed by atoms with Gasteiger partial charge in [0.25, 0.3) is 5.91 Å². The number of amides is 1. The van der Waals surface area contributed by atoms with Gasteiger partial charge in [-0.1, -0.05) is 28.1 Å². The minimum Gasteiger partial charge on any atom is -0.481 e. The topological polar surface area (TPSA) is 75.0 Å². The molecule has 1 N–H and O–H groups in total. The molecule has 7 heteroatoms. The van der Waals surface area contributed by atoms with E-state index in [4.69, 9.17) is 10.00 Å². The van der Waals surface area contributed by atoms with Crippen molar-refractivity contribution >= 4 is 38.3 Å². The number of nitriles is 1. The number of halogens is 1. The molecule has 1 amide bonds. The SMILES string of the molecule is CC(Oc1ccc(C#N)cc1)C(=O)Nc1nc(-c2ccc(Br)cc2)cs1. The van der Waals surface area contributed by atoms with E-state index in [1.807, 2.05) is 35.7 Å². The van der Waals surface area contributed by atoms with Gasteiger partial charge in [0.15, 0.2) is 11.2 Å². The van der Waals surface area contributed by atoms with Crippen LogP contribution in [0, 0.1) is 11.3 Å². The molecule has 5 nitrogen and oxygen atoms in total. The molecule has 0 aliphatic heterocycles. The largest absolute Gasteiger partial charge is 0.481 e. The van der Waals surface area contributed by atoms with Crippen molar-refractivity contribution < 1.29 is 9.53 Å². The molecule has 1 aromatic heterocycles. The summed E-state index contributed by atoms with van der Waals surface area (Å²) in [5, 5.41) is 14.0. The van der Waals surface area contributed by atoms with Gasteiger partial charge >= 0.3 is 0 Å². The summed E-state index contributed by atoms with van der Waals surface area (Å²) in [6.07, 6.45) is -0.692. The van der Waals surface area contributed by atoms with E-state index in [1.165, 1.54) is 11.3 Å². The summed E-state index contributed by atoms with van der Waals surface area (Å²) in [6, 6.07) is 16.5. The summed E-state index contributed by atoms with van der Waals surface area (Å²) >= 11 is 4.76. The van der Waals surface area contributed by atoms with Crippen molar-refractivity contribution in [3.8, 4) is 23.1 Å². The van der Waals surface area contributed by atoms with Crippen LogP contribution in [-0.4, -0.2) is 17.0 Å². The van der Waals surface area contributed by atoms with Crippen molar-refractivity contribution in [1.82, 2.24) is 4.98 Å². The molecule has 3 aromatic rings. The van der Waals surface area contributed by atoms with Gasteiger partial charge < -0.3 is 4.74 Å². The number of thiazole rings is 1. The van der Waals surface area contributed by atoms with Gasteiger partial charge in [-0.3, -0.25) is 10.1 Å². The second-order valence-electron chi connectivity index (χ2n) is 5.43. The fourth-order valence-corrected chi connectivity index (χ4v) is 3.14. The molecule has 1 unspecified atom stereocenters. The lowest BCUT2D eigenvalue weighted by Gasteiger charge is -2.13. The molecule has 1 heterocycles. The molecular formula is C19H14BrN3O2S. The first kappa shape index (κ1) is 18.1. The van der Waals surface area contributed by atoms with Gasteiger partial charge in [0.1, 0.15) is 5.75 Å². The Kier molecular flexibility index (Phi) is 5.66. The predicted octanol–water partition coefficient (Wildman–Crippen LogP) is 4.85. The molecule has 0 spiro atoms. The summed E-state index contributed by atoms with van der Waals surface area (Å²) in [4.78, 5) is 16.7. The number of rotatable bonds is 5. The molecule has 0 bridgehead atoms. The van der Waals surface area contributed by atoms with E-state index in [0.29, 0.717) is 16.4 Å². The quantitative estimate of drug-likeness (QED) is 0.631. The lowest BCUT2D eigenvalue weighted by atomic mass is 10.2. The van der Waals surface area contributed by atoms with Gasteiger partial charge in [0.05, 0.1) is 17.3 Å². The molecule has 0 radical (unpaired) electrons. The van der Waals surface area contributed by atoms with Crippen molar-refractivity contribution in [2.75, 3.05) is 5.32 Å². The predicted molar refractivity (Wildman–Crippen MR) is 105 cm³/mol. The Morgan fingerprint density at radius 1 is 1.23 bits per heavy atom. The minimum atomic E-state index is -0.692. The van der Waals surface area contributed by atoms with Crippen LogP contribution in [0.25, 0.3) is 11.3 Å².